The molecule has 2 rings (SSSR count). The number of nitrogens with one attached hydrogen (secondary N) is 2. The Morgan fingerprint density at radius 2 is 2.25 bits per heavy atom. The third kappa shape index (κ3) is 6.36. The molecule has 0 amide bonds. The molecule has 0 saturated carbocycles. The minimum Gasteiger partial charge on any atom is -0.383 e. The van der Waals surface area contributed by atoms with Crippen LogP contribution in [-0.2, 0) is 24.9 Å². The van der Waals surface area contributed by atoms with Crippen molar-refractivity contribution in [2.24, 2.45) is 12.0 Å². The van der Waals surface area contributed by atoms with Gasteiger partial charge in [-0.1, -0.05) is 6.07 Å². The van der Waals surface area contributed by atoms with Gasteiger partial charge in [-0.05, 0) is 25.3 Å². The smallest absolute Gasteiger partial charge is 0.192 e. The van der Waals surface area contributed by atoms with Crippen molar-refractivity contribution in [2.75, 3.05) is 13.7 Å². The molecule has 0 aliphatic rings. The fraction of sp³-hybridized carbons (Fsp3) is 0.533. The fourth-order valence-corrected chi connectivity index (χ4v) is 2.64. The van der Waals surface area contributed by atoms with Gasteiger partial charge in [-0.2, -0.15) is 0 Å². The van der Waals surface area contributed by atoms with Crippen LogP contribution in [0.3, 0.4) is 0 Å². The lowest BCUT2D eigenvalue weighted by Crippen LogP contribution is -2.43. The Morgan fingerprint density at radius 3 is 2.83 bits per heavy atom. The van der Waals surface area contributed by atoms with E-state index in [2.05, 4.69) is 44.2 Å². The van der Waals surface area contributed by atoms with Crippen LogP contribution in [0.1, 0.15) is 23.4 Å². The Balaban J connectivity index is 0.00000288. The largest absolute Gasteiger partial charge is 0.383 e. The number of methoxy groups -OCH3 is 1. The highest BCUT2D eigenvalue weighted by molar-refractivity contribution is 14.0. The van der Waals surface area contributed by atoms with E-state index < -0.39 is 0 Å². The lowest BCUT2D eigenvalue weighted by atomic mass is 10.4. The van der Waals surface area contributed by atoms with Gasteiger partial charge in [0, 0.05) is 25.1 Å². The molecule has 0 bridgehead atoms. The number of nitrogens with zero attached hydrogens (tertiary/aromatic N) is 4. The molecule has 0 aromatic carbocycles. The van der Waals surface area contributed by atoms with Crippen molar-refractivity contribution in [3.63, 3.8) is 0 Å². The van der Waals surface area contributed by atoms with Gasteiger partial charge in [0.1, 0.15) is 12.4 Å². The van der Waals surface area contributed by atoms with Crippen molar-refractivity contribution in [1.29, 1.82) is 0 Å². The summed E-state index contributed by atoms with van der Waals surface area (Å²) in [7, 11) is 3.64. The molecule has 134 valence electrons. The topological polar surface area (TPSA) is 76.4 Å². The number of hydrogen-bond acceptors (Lipinski definition) is 5. The van der Waals surface area contributed by atoms with E-state index in [4.69, 9.17) is 4.74 Å². The van der Waals surface area contributed by atoms with E-state index in [9.17, 15) is 0 Å². The van der Waals surface area contributed by atoms with Gasteiger partial charge in [-0.25, -0.2) is 4.99 Å². The number of guanidine groups is 1. The predicted octanol–water partition coefficient (Wildman–Crippen LogP) is 2.07. The molecule has 9 heteroatoms. The predicted molar refractivity (Wildman–Crippen MR) is 108 cm³/mol. The second kappa shape index (κ2) is 10.6. The number of aliphatic imine (C=N–C) groups is 1. The van der Waals surface area contributed by atoms with Crippen molar-refractivity contribution < 1.29 is 4.74 Å². The SMILES string of the molecule is COCC(C)NC(=NCc1nnc(C)n1C)NCc1cccs1.I. The quantitative estimate of drug-likeness (QED) is 0.373. The molecule has 1 unspecified atom stereocenters. The number of hydrogen-bond donors (Lipinski definition) is 2. The van der Waals surface area contributed by atoms with E-state index in [0.29, 0.717) is 13.2 Å². The minimum atomic E-state index is 0. The van der Waals surface area contributed by atoms with Crippen LogP contribution < -0.4 is 10.6 Å². The molecule has 0 spiro atoms. The van der Waals surface area contributed by atoms with Gasteiger partial charge >= 0.3 is 0 Å². The molecule has 2 N–H and O–H groups in total. The van der Waals surface area contributed by atoms with E-state index in [0.717, 1.165) is 24.2 Å². The molecule has 0 fully saturated rings. The number of ether oxygens (including phenoxy) is 1. The molecule has 2 aromatic rings. The van der Waals surface area contributed by atoms with Gasteiger partial charge in [0.2, 0.25) is 0 Å². The average molecular weight is 464 g/mol. The molecular weight excluding hydrogens is 439 g/mol. The van der Waals surface area contributed by atoms with E-state index in [1.807, 2.05) is 24.6 Å². The van der Waals surface area contributed by atoms with Gasteiger partial charge in [-0.3, -0.25) is 0 Å². The lowest BCUT2D eigenvalue weighted by molar-refractivity contribution is 0.179. The summed E-state index contributed by atoms with van der Waals surface area (Å²) in [6.45, 7) is 5.80. The molecule has 2 aromatic heterocycles. The first-order chi connectivity index (χ1) is 11.1. The zero-order chi connectivity index (χ0) is 16.7. The molecule has 7 nitrogen and oxygen atoms in total. The van der Waals surface area contributed by atoms with Crippen molar-refractivity contribution in [3.8, 4) is 0 Å². The van der Waals surface area contributed by atoms with Gasteiger partial charge in [-0.15, -0.1) is 45.5 Å². The summed E-state index contributed by atoms with van der Waals surface area (Å²) >= 11 is 1.72. The van der Waals surface area contributed by atoms with Gasteiger partial charge in [0.25, 0.3) is 0 Å². The Bertz CT molecular complexity index is 628. The Morgan fingerprint density at radius 1 is 1.46 bits per heavy atom. The molecule has 0 saturated heterocycles. The third-order valence-electron chi connectivity index (χ3n) is 3.37. The monoisotopic (exact) mass is 464 g/mol. The molecule has 0 radical (unpaired) electrons. The Labute approximate surface area is 163 Å². The zero-order valence-corrected chi connectivity index (χ0v) is 17.6. The molecule has 2 heterocycles. The first-order valence-electron chi connectivity index (χ1n) is 7.51. The first-order valence-corrected chi connectivity index (χ1v) is 8.39. The summed E-state index contributed by atoms with van der Waals surface area (Å²) in [6, 6.07) is 4.30. The summed E-state index contributed by atoms with van der Waals surface area (Å²) in [5.74, 6) is 2.45. The molecule has 0 aliphatic carbocycles. The van der Waals surface area contributed by atoms with Crippen molar-refractivity contribution in [1.82, 2.24) is 25.4 Å². The summed E-state index contributed by atoms with van der Waals surface area (Å²) in [4.78, 5) is 5.87. The third-order valence-corrected chi connectivity index (χ3v) is 4.25. The summed E-state index contributed by atoms with van der Waals surface area (Å²) in [5, 5.41) is 16.9. The van der Waals surface area contributed by atoms with Crippen LogP contribution in [-0.4, -0.2) is 40.5 Å². The summed E-state index contributed by atoms with van der Waals surface area (Å²) in [6.07, 6.45) is 0. The maximum Gasteiger partial charge on any atom is 0.192 e. The number of thiophene rings is 1. The fourth-order valence-electron chi connectivity index (χ4n) is 2.00. The van der Waals surface area contributed by atoms with Crippen molar-refractivity contribution >= 4 is 41.3 Å². The summed E-state index contributed by atoms with van der Waals surface area (Å²) in [5.41, 5.74) is 0. The van der Waals surface area contributed by atoms with E-state index >= 15 is 0 Å². The number of rotatable bonds is 7. The van der Waals surface area contributed by atoms with Crippen LogP contribution >= 0.6 is 35.3 Å². The van der Waals surface area contributed by atoms with Gasteiger partial charge in [0.05, 0.1) is 13.2 Å². The molecule has 24 heavy (non-hydrogen) atoms. The van der Waals surface area contributed by atoms with Gasteiger partial charge < -0.3 is 19.9 Å². The van der Waals surface area contributed by atoms with Crippen molar-refractivity contribution in [2.45, 2.75) is 33.0 Å². The second-order valence-corrected chi connectivity index (χ2v) is 6.35. The molecule has 1 atom stereocenters. The zero-order valence-electron chi connectivity index (χ0n) is 14.4. The Hall–Kier alpha value is -1.20. The van der Waals surface area contributed by atoms with Crippen LogP contribution in [0.25, 0.3) is 0 Å². The first kappa shape index (κ1) is 20.8. The van der Waals surface area contributed by atoms with E-state index in [-0.39, 0.29) is 30.0 Å². The highest BCUT2D eigenvalue weighted by atomic mass is 127. The van der Waals surface area contributed by atoms with Crippen molar-refractivity contribution in [3.05, 3.63) is 34.0 Å². The maximum absolute atomic E-state index is 5.17. The lowest BCUT2D eigenvalue weighted by Gasteiger charge is -2.17. The second-order valence-electron chi connectivity index (χ2n) is 5.32. The molecular formula is C15H25IN6OS. The number of halogens is 1. The normalized spacial score (nSPS) is 12.6. The summed E-state index contributed by atoms with van der Waals surface area (Å²) < 4.78 is 7.11. The van der Waals surface area contributed by atoms with Crippen LogP contribution in [0.4, 0.5) is 0 Å². The number of aryl methyl sites for hydroxylation is 1. The Kier molecular flexibility index (Phi) is 9.22. The van der Waals surface area contributed by atoms with E-state index in [1.54, 1.807) is 18.4 Å². The highest BCUT2D eigenvalue weighted by Crippen LogP contribution is 2.07. The standard InChI is InChI=1S/C15H24N6OS.HI/c1-11(10-22-4)18-15(16-8-13-6-5-7-23-13)17-9-14-20-19-12(2)21(14)3;/h5-7,11H,8-10H2,1-4H3,(H2,16,17,18);1H. The maximum atomic E-state index is 5.17. The van der Waals surface area contributed by atoms with Gasteiger partial charge in [0.15, 0.2) is 11.8 Å². The van der Waals surface area contributed by atoms with Crippen LogP contribution in [0.15, 0.2) is 22.5 Å². The van der Waals surface area contributed by atoms with Crippen LogP contribution in [0, 0.1) is 6.92 Å². The number of aromatic nitrogens is 3. The van der Waals surface area contributed by atoms with E-state index in [1.165, 1.54) is 4.88 Å². The highest BCUT2D eigenvalue weighted by Gasteiger charge is 2.08. The minimum absolute atomic E-state index is 0. The van der Waals surface area contributed by atoms with Crippen LogP contribution in [0.5, 0.6) is 0 Å². The average Bonchev–Trinajstić information content (AvgIpc) is 3.14. The molecule has 0 aliphatic heterocycles. The van der Waals surface area contributed by atoms with Crippen LogP contribution in [0.2, 0.25) is 0 Å².